The summed E-state index contributed by atoms with van der Waals surface area (Å²) in [6, 6.07) is 16.6. The standard InChI is InChI=1S/C18H15ClN2OS2/c1-24-17(23)14-15(11-5-3-2-4-6-11)20-18(22)21-16(14)12-7-9-13(19)10-8-12/h2-10,16H,1H3,(H2,20,21,22). The Morgan fingerprint density at radius 2 is 1.79 bits per heavy atom. The summed E-state index contributed by atoms with van der Waals surface area (Å²) in [4.78, 5) is 12.2. The SMILES string of the molecule is CSC(=S)C1=C(c2ccccc2)NC(=O)NC1c1ccc(Cl)cc1. The Kier molecular flexibility index (Phi) is 5.23. The number of hydrogen-bond acceptors (Lipinski definition) is 3. The number of urea groups is 1. The van der Waals surface area contributed by atoms with E-state index in [1.54, 1.807) is 0 Å². The maximum atomic E-state index is 12.2. The minimum Gasteiger partial charge on any atom is -0.327 e. The van der Waals surface area contributed by atoms with E-state index in [1.807, 2.05) is 60.9 Å². The van der Waals surface area contributed by atoms with E-state index < -0.39 is 0 Å². The third-order valence-electron chi connectivity index (χ3n) is 3.74. The third-order valence-corrected chi connectivity index (χ3v) is 5.31. The van der Waals surface area contributed by atoms with Crippen LogP contribution < -0.4 is 10.6 Å². The van der Waals surface area contributed by atoms with Gasteiger partial charge in [0.05, 0.1) is 15.9 Å². The average molecular weight is 375 g/mol. The highest BCUT2D eigenvalue weighted by molar-refractivity contribution is 8.23. The molecule has 1 heterocycles. The van der Waals surface area contributed by atoms with Gasteiger partial charge in [0, 0.05) is 10.6 Å². The van der Waals surface area contributed by atoms with Gasteiger partial charge in [-0.2, -0.15) is 0 Å². The molecule has 122 valence electrons. The molecule has 3 rings (SSSR count). The Bertz CT molecular complexity index is 804. The van der Waals surface area contributed by atoms with Crippen LogP contribution in [0.5, 0.6) is 0 Å². The van der Waals surface area contributed by atoms with Crippen LogP contribution in [0.25, 0.3) is 5.70 Å². The van der Waals surface area contributed by atoms with Gasteiger partial charge in [-0.3, -0.25) is 0 Å². The van der Waals surface area contributed by atoms with Crippen molar-refractivity contribution in [1.29, 1.82) is 0 Å². The zero-order chi connectivity index (χ0) is 17.1. The summed E-state index contributed by atoms with van der Waals surface area (Å²) in [6.45, 7) is 0. The van der Waals surface area contributed by atoms with Crippen molar-refractivity contribution in [3.63, 3.8) is 0 Å². The highest BCUT2D eigenvalue weighted by Crippen LogP contribution is 2.34. The van der Waals surface area contributed by atoms with Gasteiger partial charge in [0.15, 0.2) is 0 Å². The van der Waals surface area contributed by atoms with Gasteiger partial charge in [-0.1, -0.05) is 66.3 Å². The number of thioether (sulfide) groups is 1. The fourth-order valence-electron chi connectivity index (χ4n) is 2.63. The van der Waals surface area contributed by atoms with E-state index in [2.05, 4.69) is 10.6 Å². The predicted octanol–water partition coefficient (Wildman–Crippen LogP) is 4.80. The summed E-state index contributed by atoms with van der Waals surface area (Å²) in [5.74, 6) is 0. The molecule has 6 heteroatoms. The van der Waals surface area contributed by atoms with Gasteiger partial charge < -0.3 is 10.6 Å². The third kappa shape index (κ3) is 3.48. The molecule has 0 aromatic heterocycles. The van der Waals surface area contributed by atoms with Gasteiger partial charge in [0.2, 0.25) is 0 Å². The first-order valence-corrected chi connectivity index (χ1v) is 9.32. The van der Waals surface area contributed by atoms with Gasteiger partial charge >= 0.3 is 6.03 Å². The number of hydrogen-bond donors (Lipinski definition) is 2. The Balaban J connectivity index is 2.17. The molecule has 1 unspecified atom stereocenters. The first kappa shape index (κ1) is 17.0. The minimum absolute atomic E-state index is 0.249. The molecule has 3 nitrogen and oxygen atoms in total. The zero-order valence-corrected chi connectivity index (χ0v) is 15.3. The lowest BCUT2D eigenvalue weighted by Crippen LogP contribution is -2.44. The first-order valence-electron chi connectivity index (χ1n) is 7.31. The number of halogens is 1. The Labute approximate surface area is 155 Å². The van der Waals surface area contributed by atoms with Crippen molar-refractivity contribution < 1.29 is 4.79 Å². The molecule has 2 aromatic rings. The molecule has 0 saturated heterocycles. The van der Waals surface area contributed by atoms with Crippen LogP contribution >= 0.6 is 35.6 Å². The van der Waals surface area contributed by atoms with E-state index in [-0.39, 0.29) is 12.1 Å². The monoisotopic (exact) mass is 374 g/mol. The van der Waals surface area contributed by atoms with Crippen molar-refractivity contribution in [1.82, 2.24) is 10.6 Å². The van der Waals surface area contributed by atoms with Crippen LogP contribution in [-0.2, 0) is 0 Å². The summed E-state index contributed by atoms with van der Waals surface area (Å²) in [7, 11) is 0. The van der Waals surface area contributed by atoms with Gasteiger partial charge in [-0.25, -0.2) is 4.79 Å². The molecule has 24 heavy (non-hydrogen) atoms. The first-order chi connectivity index (χ1) is 11.6. The fourth-order valence-corrected chi connectivity index (χ4v) is 3.42. The van der Waals surface area contributed by atoms with Crippen LogP contribution in [0.4, 0.5) is 4.79 Å². The van der Waals surface area contributed by atoms with Crippen molar-refractivity contribution in [3.05, 3.63) is 76.3 Å². The molecule has 2 N–H and O–H groups in total. The zero-order valence-electron chi connectivity index (χ0n) is 12.9. The molecule has 0 fully saturated rings. The number of benzene rings is 2. The lowest BCUT2D eigenvalue weighted by molar-refractivity contribution is 0.241. The largest absolute Gasteiger partial charge is 0.327 e. The molecule has 2 aromatic carbocycles. The molecule has 0 saturated carbocycles. The maximum absolute atomic E-state index is 12.2. The number of amides is 2. The summed E-state index contributed by atoms with van der Waals surface area (Å²) in [5.41, 5.74) is 3.51. The maximum Gasteiger partial charge on any atom is 0.320 e. The summed E-state index contributed by atoms with van der Waals surface area (Å²) in [6.07, 6.45) is 1.94. The minimum atomic E-state index is -0.314. The van der Waals surface area contributed by atoms with E-state index in [4.69, 9.17) is 23.8 Å². The lowest BCUT2D eigenvalue weighted by Gasteiger charge is -2.31. The Morgan fingerprint density at radius 1 is 1.12 bits per heavy atom. The Hall–Kier alpha value is -1.82. The highest BCUT2D eigenvalue weighted by atomic mass is 35.5. The van der Waals surface area contributed by atoms with E-state index in [0.29, 0.717) is 5.02 Å². The van der Waals surface area contributed by atoms with E-state index in [9.17, 15) is 4.79 Å². The predicted molar refractivity (Wildman–Crippen MR) is 105 cm³/mol. The topological polar surface area (TPSA) is 41.1 Å². The van der Waals surface area contributed by atoms with Crippen molar-refractivity contribution in [2.45, 2.75) is 6.04 Å². The van der Waals surface area contributed by atoms with Gasteiger partial charge in [0.25, 0.3) is 0 Å². The lowest BCUT2D eigenvalue weighted by atomic mass is 9.94. The summed E-state index contributed by atoms with van der Waals surface area (Å²) in [5, 5.41) is 6.53. The highest BCUT2D eigenvalue weighted by Gasteiger charge is 2.31. The second-order valence-electron chi connectivity index (χ2n) is 5.23. The molecule has 0 radical (unpaired) electrons. The fraction of sp³-hybridized carbons (Fsp3) is 0.111. The van der Waals surface area contributed by atoms with Crippen molar-refractivity contribution in [2.24, 2.45) is 0 Å². The average Bonchev–Trinajstić information content (AvgIpc) is 2.61. The number of nitrogens with one attached hydrogen (secondary N) is 2. The Morgan fingerprint density at radius 3 is 2.42 bits per heavy atom. The van der Waals surface area contributed by atoms with Crippen LogP contribution in [0.1, 0.15) is 17.2 Å². The smallest absolute Gasteiger partial charge is 0.320 e. The van der Waals surface area contributed by atoms with Gasteiger partial charge in [0.1, 0.15) is 0 Å². The molecule has 0 bridgehead atoms. The van der Waals surface area contributed by atoms with Crippen molar-refractivity contribution >= 4 is 51.5 Å². The van der Waals surface area contributed by atoms with Crippen LogP contribution in [-0.4, -0.2) is 16.5 Å². The molecule has 1 aliphatic rings. The van der Waals surface area contributed by atoms with Crippen molar-refractivity contribution in [3.8, 4) is 0 Å². The number of rotatable bonds is 3. The van der Waals surface area contributed by atoms with Crippen LogP contribution in [0, 0.1) is 0 Å². The number of thiocarbonyl (C=S) groups is 1. The van der Waals surface area contributed by atoms with Gasteiger partial charge in [-0.05, 0) is 29.5 Å². The quantitative estimate of drug-likeness (QED) is 0.758. The van der Waals surface area contributed by atoms with Crippen LogP contribution in [0.3, 0.4) is 0 Å². The normalized spacial score (nSPS) is 17.2. The van der Waals surface area contributed by atoms with Crippen LogP contribution in [0.2, 0.25) is 5.02 Å². The molecule has 0 aliphatic carbocycles. The van der Waals surface area contributed by atoms with E-state index in [1.165, 1.54) is 11.8 Å². The number of carbonyl (C=O) groups is 1. The summed E-state index contributed by atoms with van der Waals surface area (Å²) < 4.78 is 0.737. The van der Waals surface area contributed by atoms with Crippen molar-refractivity contribution in [2.75, 3.05) is 6.26 Å². The summed E-state index contributed by atoms with van der Waals surface area (Å²) >= 11 is 13.1. The molecule has 1 aliphatic heterocycles. The molecular weight excluding hydrogens is 360 g/mol. The number of carbonyl (C=O) groups excluding carboxylic acids is 1. The molecule has 1 atom stereocenters. The second kappa shape index (κ2) is 7.38. The van der Waals surface area contributed by atoms with Gasteiger partial charge in [-0.15, -0.1) is 11.8 Å². The second-order valence-corrected chi connectivity index (χ2v) is 7.15. The van der Waals surface area contributed by atoms with E-state index >= 15 is 0 Å². The van der Waals surface area contributed by atoms with E-state index in [0.717, 1.165) is 26.6 Å². The molecule has 0 spiro atoms. The molecule has 2 amide bonds. The molecular formula is C18H15ClN2OS2. The van der Waals surface area contributed by atoms with Crippen LogP contribution in [0.15, 0.2) is 60.2 Å².